The lowest BCUT2D eigenvalue weighted by molar-refractivity contribution is 0.168. The molecular formula is C16H17ClF2N2O. The smallest absolute Gasteiger partial charge is 0.137 e. The summed E-state index contributed by atoms with van der Waals surface area (Å²) < 4.78 is 27.4. The highest BCUT2D eigenvalue weighted by Gasteiger charge is 2.38. The van der Waals surface area contributed by atoms with Gasteiger partial charge in [-0.15, -0.1) is 0 Å². The molecule has 0 aliphatic carbocycles. The normalized spacial score (nSPS) is 20.9. The topological polar surface area (TPSA) is 36.4 Å². The number of aliphatic hydroxyl groups excluding tert-OH is 1. The molecule has 3 nitrogen and oxygen atoms in total. The molecule has 1 N–H and O–H groups in total. The molecule has 3 rings (SSSR count). The molecule has 0 amide bonds. The SMILES string of the molecule is Cc1c(N2CC(C)(C)CC2O)nc2cc(F)cc(F)c2c1Cl. The Morgan fingerprint density at radius 3 is 2.64 bits per heavy atom. The van der Waals surface area contributed by atoms with E-state index in [1.807, 2.05) is 13.8 Å². The molecule has 1 aliphatic rings. The number of pyridine rings is 1. The maximum atomic E-state index is 14.0. The van der Waals surface area contributed by atoms with Gasteiger partial charge in [-0.1, -0.05) is 25.4 Å². The van der Waals surface area contributed by atoms with Gasteiger partial charge in [0.15, 0.2) is 0 Å². The van der Waals surface area contributed by atoms with Crippen LogP contribution in [-0.2, 0) is 0 Å². The van der Waals surface area contributed by atoms with Crippen LogP contribution in [-0.4, -0.2) is 22.9 Å². The highest BCUT2D eigenvalue weighted by atomic mass is 35.5. The van der Waals surface area contributed by atoms with Crippen LogP contribution in [0.5, 0.6) is 0 Å². The molecule has 0 radical (unpaired) electrons. The van der Waals surface area contributed by atoms with Gasteiger partial charge in [0.05, 0.1) is 15.9 Å². The van der Waals surface area contributed by atoms with E-state index in [0.29, 0.717) is 24.3 Å². The summed E-state index contributed by atoms with van der Waals surface area (Å²) in [5, 5.41) is 10.6. The summed E-state index contributed by atoms with van der Waals surface area (Å²) in [6.07, 6.45) is -0.0884. The van der Waals surface area contributed by atoms with E-state index in [9.17, 15) is 13.9 Å². The van der Waals surface area contributed by atoms with Crippen LogP contribution in [0.2, 0.25) is 5.02 Å². The van der Waals surface area contributed by atoms with Gasteiger partial charge >= 0.3 is 0 Å². The third-order valence-corrected chi connectivity index (χ3v) is 4.58. The van der Waals surface area contributed by atoms with E-state index in [4.69, 9.17) is 11.6 Å². The van der Waals surface area contributed by atoms with Crippen molar-refractivity contribution in [3.05, 3.63) is 34.4 Å². The van der Waals surface area contributed by atoms with Crippen molar-refractivity contribution in [1.82, 2.24) is 4.98 Å². The van der Waals surface area contributed by atoms with Gasteiger partial charge in [-0.3, -0.25) is 0 Å². The van der Waals surface area contributed by atoms with Crippen LogP contribution in [0.25, 0.3) is 10.9 Å². The molecule has 0 bridgehead atoms. The Hall–Kier alpha value is -1.46. The summed E-state index contributed by atoms with van der Waals surface area (Å²) in [7, 11) is 0. The Kier molecular flexibility index (Phi) is 3.53. The van der Waals surface area contributed by atoms with E-state index >= 15 is 0 Å². The third kappa shape index (κ3) is 2.42. The summed E-state index contributed by atoms with van der Waals surface area (Å²) >= 11 is 6.28. The first-order valence-corrected chi connectivity index (χ1v) is 7.47. The molecule has 0 spiro atoms. The van der Waals surface area contributed by atoms with Gasteiger partial charge in [0.1, 0.15) is 23.7 Å². The molecule has 22 heavy (non-hydrogen) atoms. The van der Waals surface area contributed by atoms with E-state index < -0.39 is 17.9 Å². The van der Waals surface area contributed by atoms with E-state index in [0.717, 1.165) is 12.1 Å². The lowest BCUT2D eigenvalue weighted by Crippen LogP contribution is -2.31. The van der Waals surface area contributed by atoms with Gasteiger partial charge in [0, 0.05) is 24.2 Å². The van der Waals surface area contributed by atoms with Crippen molar-refractivity contribution in [3.8, 4) is 0 Å². The van der Waals surface area contributed by atoms with Crippen LogP contribution in [0, 0.1) is 24.0 Å². The van der Waals surface area contributed by atoms with Crippen molar-refractivity contribution in [3.63, 3.8) is 0 Å². The highest BCUT2D eigenvalue weighted by Crippen LogP contribution is 2.40. The number of anilines is 1. The summed E-state index contributed by atoms with van der Waals surface area (Å²) in [6.45, 7) is 6.42. The van der Waals surface area contributed by atoms with Gasteiger partial charge in [0.2, 0.25) is 0 Å². The number of halogens is 3. The van der Waals surface area contributed by atoms with Crippen LogP contribution in [0.15, 0.2) is 12.1 Å². The predicted molar refractivity (Wildman–Crippen MR) is 83.2 cm³/mol. The minimum atomic E-state index is -0.732. The van der Waals surface area contributed by atoms with Crippen molar-refractivity contribution in [1.29, 1.82) is 0 Å². The lowest BCUT2D eigenvalue weighted by Gasteiger charge is -2.25. The summed E-state index contributed by atoms with van der Waals surface area (Å²) in [4.78, 5) is 6.10. The van der Waals surface area contributed by atoms with Crippen molar-refractivity contribution in [2.24, 2.45) is 5.41 Å². The third-order valence-electron chi connectivity index (χ3n) is 4.11. The van der Waals surface area contributed by atoms with Gasteiger partial charge < -0.3 is 10.0 Å². The fraction of sp³-hybridized carbons (Fsp3) is 0.438. The zero-order valence-electron chi connectivity index (χ0n) is 12.6. The number of nitrogens with zero attached hydrogens (tertiary/aromatic N) is 2. The standard InChI is InChI=1S/C16H17ClF2N2O/c1-8-14(17)13-10(19)4-9(18)5-11(13)20-15(8)21-7-16(2,3)6-12(21)22/h4-5,12,22H,6-7H2,1-3H3. The molecule has 1 fully saturated rings. The molecule has 6 heteroatoms. The average molecular weight is 327 g/mol. The maximum absolute atomic E-state index is 14.0. The molecule has 1 aliphatic heterocycles. The van der Waals surface area contributed by atoms with Gasteiger partial charge in [-0.05, 0) is 18.8 Å². The molecule has 1 unspecified atom stereocenters. The minimum Gasteiger partial charge on any atom is -0.374 e. The first-order chi connectivity index (χ1) is 10.2. The molecule has 1 atom stereocenters. The van der Waals surface area contributed by atoms with E-state index in [1.54, 1.807) is 11.8 Å². The van der Waals surface area contributed by atoms with E-state index in [-0.39, 0.29) is 21.3 Å². The number of hydrogen-bond donors (Lipinski definition) is 1. The number of aliphatic hydroxyl groups is 1. The van der Waals surface area contributed by atoms with Crippen LogP contribution in [0.1, 0.15) is 25.8 Å². The molecule has 1 saturated heterocycles. The second-order valence-corrected chi connectivity index (χ2v) is 7.01. The Balaban J connectivity index is 2.21. The Bertz CT molecular complexity index is 764. The van der Waals surface area contributed by atoms with Crippen LogP contribution < -0.4 is 4.90 Å². The number of fused-ring (bicyclic) bond motifs is 1. The van der Waals surface area contributed by atoms with Crippen molar-refractivity contribution in [2.45, 2.75) is 33.4 Å². The second-order valence-electron chi connectivity index (χ2n) is 6.63. The van der Waals surface area contributed by atoms with Crippen LogP contribution >= 0.6 is 11.6 Å². The Morgan fingerprint density at radius 1 is 1.36 bits per heavy atom. The number of benzene rings is 1. The first kappa shape index (κ1) is 15.4. The fourth-order valence-electron chi connectivity index (χ4n) is 3.08. The zero-order chi connectivity index (χ0) is 16.2. The number of hydrogen-bond acceptors (Lipinski definition) is 3. The van der Waals surface area contributed by atoms with Crippen molar-refractivity contribution in [2.75, 3.05) is 11.4 Å². The maximum Gasteiger partial charge on any atom is 0.137 e. The Labute approximate surface area is 132 Å². The predicted octanol–water partition coefficient (Wildman–Crippen LogP) is 4.03. The monoisotopic (exact) mass is 326 g/mol. The largest absolute Gasteiger partial charge is 0.374 e. The Morgan fingerprint density at radius 2 is 2.05 bits per heavy atom. The molecule has 2 aromatic rings. The number of rotatable bonds is 1. The first-order valence-electron chi connectivity index (χ1n) is 7.09. The van der Waals surface area contributed by atoms with Gasteiger partial charge in [-0.2, -0.15) is 0 Å². The highest BCUT2D eigenvalue weighted by molar-refractivity contribution is 6.36. The zero-order valence-corrected chi connectivity index (χ0v) is 13.4. The quantitative estimate of drug-likeness (QED) is 0.859. The lowest BCUT2D eigenvalue weighted by atomic mass is 9.93. The molecule has 1 aromatic carbocycles. The van der Waals surface area contributed by atoms with Gasteiger partial charge in [0.25, 0.3) is 0 Å². The van der Waals surface area contributed by atoms with Crippen molar-refractivity contribution < 1.29 is 13.9 Å². The summed E-state index contributed by atoms with van der Waals surface area (Å²) in [5.74, 6) is -0.962. The number of aromatic nitrogens is 1. The van der Waals surface area contributed by atoms with Crippen molar-refractivity contribution >= 4 is 28.3 Å². The van der Waals surface area contributed by atoms with E-state index in [2.05, 4.69) is 4.98 Å². The molecule has 2 heterocycles. The summed E-state index contributed by atoms with van der Waals surface area (Å²) in [6, 6.07) is 1.95. The second kappa shape index (κ2) is 5.03. The van der Waals surface area contributed by atoms with Gasteiger partial charge in [-0.25, -0.2) is 13.8 Å². The molecule has 0 saturated carbocycles. The average Bonchev–Trinajstić information content (AvgIpc) is 2.66. The summed E-state index contributed by atoms with van der Waals surface area (Å²) in [5.41, 5.74) is 0.666. The molecular weight excluding hydrogens is 310 g/mol. The fourth-order valence-corrected chi connectivity index (χ4v) is 3.35. The molecule has 1 aromatic heterocycles. The minimum absolute atomic E-state index is 0.0673. The van der Waals surface area contributed by atoms with Crippen LogP contribution in [0.3, 0.4) is 0 Å². The van der Waals surface area contributed by atoms with E-state index in [1.165, 1.54) is 0 Å². The van der Waals surface area contributed by atoms with Crippen LogP contribution in [0.4, 0.5) is 14.6 Å². The molecule has 118 valence electrons.